The first-order valence-corrected chi connectivity index (χ1v) is 3.78. The van der Waals surface area contributed by atoms with Crippen molar-refractivity contribution in [3.05, 3.63) is 0 Å². The molecule has 0 bridgehead atoms. The van der Waals surface area contributed by atoms with E-state index in [1.54, 1.807) is 0 Å². The molecular formula is C7H15NO2. The van der Waals surface area contributed by atoms with E-state index in [9.17, 15) is 0 Å². The molecule has 1 fully saturated rings. The van der Waals surface area contributed by atoms with Crippen molar-refractivity contribution in [1.82, 2.24) is 4.90 Å². The summed E-state index contributed by atoms with van der Waals surface area (Å²) in [6.07, 6.45) is 0.220. The Kier molecular flexibility index (Phi) is 2.65. The van der Waals surface area contributed by atoms with Crippen molar-refractivity contribution in [3.8, 4) is 0 Å². The molecule has 1 rings (SSSR count). The van der Waals surface area contributed by atoms with E-state index in [0.29, 0.717) is 0 Å². The molecule has 0 spiro atoms. The summed E-state index contributed by atoms with van der Waals surface area (Å²) in [7, 11) is 0. The van der Waals surface area contributed by atoms with E-state index in [1.165, 1.54) is 0 Å². The topological polar surface area (TPSA) is 32.7 Å². The molecule has 1 aliphatic rings. The third-order valence-electron chi connectivity index (χ3n) is 1.95. The van der Waals surface area contributed by atoms with Crippen molar-refractivity contribution in [2.75, 3.05) is 19.7 Å². The molecule has 10 heavy (non-hydrogen) atoms. The van der Waals surface area contributed by atoms with Gasteiger partial charge in [-0.15, -0.1) is 0 Å². The molecule has 0 saturated carbocycles. The number of hydrogen-bond donors (Lipinski definition) is 1. The van der Waals surface area contributed by atoms with Crippen molar-refractivity contribution in [2.45, 2.75) is 26.2 Å². The molecule has 0 aromatic carbocycles. The number of ether oxygens (including phenoxy) is 1. The molecule has 1 saturated heterocycles. The number of likely N-dealkylation sites (N-methyl/N-ethyl adjacent to an activating group) is 1. The standard InChI is InChI=1S/C7H15NO2/c1-3-8-4-7(5-9)10-6(8)2/h6-7,9H,3-5H2,1-2H3. The summed E-state index contributed by atoms with van der Waals surface area (Å²) < 4.78 is 5.39. The van der Waals surface area contributed by atoms with Crippen molar-refractivity contribution in [1.29, 1.82) is 0 Å². The number of nitrogens with zero attached hydrogens (tertiary/aromatic N) is 1. The van der Waals surface area contributed by atoms with Crippen molar-refractivity contribution < 1.29 is 9.84 Å². The summed E-state index contributed by atoms with van der Waals surface area (Å²) >= 11 is 0. The highest BCUT2D eigenvalue weighted by Crippen LogP contribution is 2.13. The lowest BCUT2D eigenvalue weighted by Crippen LogP contribution is -2.27. The molecule has 0 radical (unpaired) electrons. The number of rotatable bonds is 2. The van der Waals surface area contributed by atoms with Gasteiger partial charge in [0.05, 0.1) is 12.7 Å². The van der Waals surface area contributed by atoms with Gasteiger partial charge < -0.3 is 9.84 Å². The molecule has 0 aromatic rings. The molecule has 2 unspecified atom stereocenters. The first-order chi connectivity index (χ1) is 4.77. The van der Waals surface area contributed by atoms with Crippen LogP contribution in [0.25, 0.3) is 0 Å². The fourth-order valence-electron chi connectivity index (χ4n) is 1.30. The molecule has 2 atom stereocenters. The lowest BCUT2D eigenvalue weighted by atomic mass is 10.4. The highest BCUT2D eigenvalue weighted by atomic mass is 16.5. The lowest BCUT2D eigenvalue weighted by molar-refractivity contribution is -0.00522. The zero-order chi connectivity index (χ0) is 7.56. The van der Waals surface area contributed by atoms with Crippen LogP contribution >= 0.6 is 0 Å². The predicted molar refractivity (Wildman–Crippen MR) is 38.7 cm³/mol. The minimum Gasteiger partial charge on any atom is -0.394 e. The molecule has 0 aliphatic carbocycles. The number of aliphatic hydroxyl groups excluding tert-OH is 1. The number of aliphatic hydroxyl groups is 1. The summed E-state index contributed by atoms with van der Waals surface area (Å²) in [5.41, 5.74) is 0. The van der Waals surface area contributed by atoms with Crippen molar-refractivity contribution >= 4 is 0 Å². The van der Waals surface area contributed by atoms with E-state index >= 15 is 0 Å². The Labute approximate surface area is 61.6 Å². The minimum absolute atomic E-state index is 0.0370. The maximum atomic E-state index is 8.75. The van der Waals surface area contributed by atoms with Gasteiger partial charge in [0.15, 0.2) is 0 Å². The normalized spacial score (nSPS) is 35.1. The Morgan fingerprint density at radius 3 is 2.70 bits per heavy atom. The Bertz CT molecular complexity index is 108. The van der Waals surface area contributed by atoms with Crippen LogP contribution < -0.4 is 0 Å². The van der Waals surface area contributed by atoms with Crippen LogP contribution in [0.1, 0.15) is 13.8 Å². The van der Waals surface area contributed by atoms with E-state index in [-0.39, 0.29) is 18.9 Å². The Balaban J connectivity index is 2.36. The van der Waals surface area contributed by atoms with Gasteiger partial charge in [-0.2, -0.15) is 0 Å². The average molecular weight is 145 g/mol. The summed E-state index contributed by atoms with van der Waals surface area (Å²) in [5.74, 6) is 0. The van der Waals surface area contributed by atoms with Crippen LogP contribution in [0.3, 0.4) is 0 Å². The lowest BCUT2D eigenvalue weighted by Gasteiger charge is -2.15. The van der Waals surface area contributed by atoms with Crippen LogP contribution in [0.5, 0.6) is 0 Å². The smallest absolute Gasteiger partial charge is 0.108 e. The first kappa shape index (κ1) is 7.98. The monoisotopic (exact) mass is 145 g/mol. The van der Waals surface area contributed by atoms with Crippen LogP contribution in [-0.2, 0) is 4.74 Å². The predicted octanol–water partition coefficient (Wildman–Crippen LogP) is 0.0454. The Morgan fingerprint density at radius 1 is 1.70 bits per heavy atom. The van der Waals surface area contributed by atoms with Gasteiger partial charge in [0.25, 0.3) is 0 Å². The third kappa shape index (κ3) is 1.48. The quantitative estimate of drug-likeness (QED) is 0.595. The van der Waals surface area contributed by atoms with Gasteiger partial charge >= 0.3 is 0 Å². The average Bonchev–Trinajstić information content (AvgIpc) is 2.30. The zero-order valence-electron chi connectivity index (χ0n) is 6.58. The highest BCUT2D eigenvalue weighted by molar-refractivity contribution is 4.73. The van der Waals surface area contributed by atoms with E-state index in [4.69, 9.17) is 9.84 Å². The molecule has 3 heteroatoms. The second kappa shape index (κ2) is 3.32. The summed E-state index contributed by atoms with van der Waals surface area (Å²) in [4.78, 5) is 2.20. The SMILES string of the molecule is CCN1CC(CO)OC1C. The van der Waals surface area contributed by atoms with Gasteiger partial charge in [-0.3, -0.25) is 4.90 Å². The largest absolute Gasteiger partial charge is 0.394 e. The second-order valence-electron chi connectivity index (χ2n) is 2.63. The fraction of sp³-hybridized carbons (Fsp3) is 1.00. The van der Waals surface area contributed by atoms with Gasteiger partial charge in [-0.05, 0) is 13.5 Å². The van der Waals surface area contributed by atoms with Gasteiger partial charge in [-0.1, -0.05) is 6.92 Å². The molecule has 0 amide bonds. The fourth-order valence-corrected chi connectivity index (χ4v) is 1.30. The molecule has 3 nitrogen and oxygen atoms in total. The van der Waals surface area contributed by atoms with Crippen LogP contribution in [0.15, 0.2) is 0 Å². The summed E-state index contributed by atoms with van der Waals surface area (Å²) in [6.45, 7) is 6.12. The zero-order valence-corrected chi connectivity index (χ0v) is 6.58. The Hall–Kier alpha value is -0.120. The molecule has 0 aromatic heterocycles. The van der Waals surface area contributed by atoms with Gasteiger partial charge in [0.2, 0.25) is 0 Å². The van der Waals surface area contributed by atoms with Crippen molar-refractivity contribution in [2.24, 2.45) is 0 Å². The maximum Gasteiger partial charge on any atom is 0.108 e. The van der Waals surface area contributed by atoms with E-state index in [0.717, 1.165) is 13.1 Å². The second-order valence-corrected chi connectivity index (χ2v) is 2.63. The van der Waals surface area contributed by atoms with Crippen LogP contribution in [0.4, 0.5) is 0 Å². The molecular weight excluding hydrogens is 130 g/mol. The third-order valence-corrected chi connectivity index (χ3v) is 1.95. The molecule has 60 valence electrons. The molecule has 1 N–H and O–H groups in total. The van der Waals surface area contributed by atoms with Crippen LogP contribution in [0.2, 0.25) is 0 Å². The van der Waals surface area contributed by atoms with Crippen LogP contribution in [0, 0.1) is 0 Å². The molecule has 1 aliphatic heterocycles. The van der Waals surface area contributed by atoms with Gasteiger partial charge in [0.1, 0.15) is 6.23 Å². The number of hydrogen-bond acceptors (Lipinski definition) is 3. The first-order valence-electron chi connectivity index (χ1n) is 3.78. The van der Waals surface area contributed by atoms with Gasteiger partial charge in [0, 0.05) is 6.54 Å². The summed E-state index contributed by atoms with van der Waals surface area (Å²) in [6, 6.07) is 0. The van der Waals surface area contributed by atoms with E-state index in [2.05, 4.69) is 11.8 Å². The van der Waals surface area contributed by atoms with Crippen LogP contribution in [-0.4, -0.2) is 42.0 Å². The highest BCUT2D eigenvalue weighted by Gasteiger charge is 2.27. The summed E-state index contributed by atoms with van der Waals surface area (Å²) in [5, 5.41) is 8.75. The van der Waals surface area contributed by atoms with E-state index in [1.807, 2.05) is 6.92 Å². The van der Waals surface area contributed by atoms with Crippen molar-refractivity contribution in [3.63, 3.8) is 0 Å². The molecule has 1 heterocycles. The van der Waals surface area contributed by atoms with Gasteiger partial charge in [-0.25, -0.2) is 0 Å². The maximum absolute atomic E-state index is 8.75. The Morgan fingerprint density at radius 2 is 2.40 bits per heavy atom. The van der Waals surface area contributed by atoms with E-state index < -0.39 is 0 Å². The minimum atomic E-state index is 0.0370.